The summed E-state index contributed by atoms with van der Waals surface area (Å²) in [6.07, 6.45) is 9.97. The van der Waals surface area contributed by atoms with Crippen molar-refractivity contribution in [2.45, 2.75) is 174 Å². The summed E-state index contributed by atoms with van der Waals surface area (Å²) in [5.74, 6) is -1.08. The number of sulfonamides is 4. The SMILES string of the molecule is C.CC(=O)C(CCCCN)NCCCN(C)S(=O)(=O)c1cc(S(=O)(=O)N(C)CCCNC(CCCCN)C(=O)O)c2ccc3c(OCCC[N+](C)(C)C)cc(N)c4ccc1c2c43.CC(=O)C(CCCCN)NCCCN(C)S(=O)(=O)c1cc(S(=O)(=O)N(C)CCCNC(CCCCN)C(=O)O)c2ccc3c(OCCOCCOCCOCCO)cc(N)c4ccc1c2c43. The molecule has 0 saturated heterocycles. The zero-order valence-corrected chi connectivity index (χ0v) is 78.7. The predicted molar refractivity (Wildman–Crippen MR) is 507 cm³/mol. The molecule has 0 saturated carbocycles. The van der Waals surface area contributed by atoms with E-state index in [0.717, 1.165) is 47.4 Å². The Morgan fingerprint density at radius 2 is 0.641 bits per heavy atom. The molecule has 8 aromatic rings. The van der Waals surface area contributed by atoms with Gasteiger partial charge in [0.05, 0.1) is 112 Å². The molecule has 0 aliphatic carbocycles. The minimum atomic E-state index is -4.37. The first-order valence-corrected chi connectivity index (χ1v) is 49.7. The van der Waals surface area contributed by atoms with Crippen LogP contribution in [0.2, 0.25) is 0 Å². The lowest BCUT2D eigenvalue weighted by Crippen LogP contribution is -2.38. The van der Waals surface area contributed by atoms with Gasteiger partial charge in [0.25, 0.3) is 0 Å². The molecule has 8 aromatic carbocycles. The Bertz CT molecular complexity index is 5160. The standard InChI is InChI=1S/C45H71N7O12S2.C43H68N8O8S2.CH4/c1-32(54)38(10-4-6-16-46)49-18-8-20-51(2)65(57,58)41-31-42(66(59,60)52(3)21-9-19-50-39(45(55)56)11-5-7-17-47)36-15-13-34-40(30-37(48)33-12-14-35(41)44(36)43(33)34)64-29-28-63-27-26-62-25-24-61-23-22-53;1-30(52)36(14-7-9-20-44)47-22-11-24-49(2)60(55,56)39-29-40(61(57,58)50(3)25-12-23-48-37(43(53)54)15-8-10-21-45)34-19-17-32-38(59-27-13-26-51(4,5)6)28-35(46)31-16-18-33(39)42(34)41(31)32;/h12-15,30-31,38-39,49-50,53H,4-11,16-29,46-48H2,1-3H3,(H,55,56);16-19,28-29,36-37,47-48H,7-15,20-27,44-46H2,1-6H3;1H4/p+1. The van der Waals surface area contributed by atoms with E-state index >= 15 is 0 Å². The minimum Gasteiger partial charge on any atom is -0.493 e. The predicted octanol–water partition coefficient (Wildman–Crippen LogP) is 6.60. The van der Waals surface area contributed by atoms with Crippen molar-refractivity contribution < 1.29 is 96.3 Å². The van der Waals surface area contributed by atoms with Gasteiger partial charge in [-0.05, 0) is 168 Å². The number of carbonyl (C=O) groups is 4. The summed E-state index contributed by atoms with van der Waals surface area (Å²) in [4.78, 5) is 47.4. The Kier molecular flexibility index (Phi) is 44.9. The molecule has 718 valence electrons. The summed E-state index contributed by atoms with van der Waals surface area (Å²) >= 11 is 0. The van der Waals surface area contributed by atoms with E-state index in [1.54, 1.807) is 60.7 Å². The molecule has 0 bridgehead atoms. The highest BCUT2D eigenvalue weighted by atomic mass is 32.2. The molecule has 19 N–H and O–H groups in total. The van der Waals surface area contributed by atoms with Crippen molar-refractivity contribution in [3.63, 3.8) is 0 Å². The van der Waals surface area contributed by atoms with Crippen LogP contribution < -0.4 is 65.1 Å². The first-order valence-electron chi connectivity index (χ1n) is 43.9. The second kappa shape index (κ2) is 52.6. The van der Waals surface area contributed by atoms with Crippen molar-refractivity contribution in [2.75, 3.05) is 205 Å². The second-order valence-corrected chi connectivity index (χ2v) is 41.3. The van der Waals surface area contributed by atoms with Crippen molar-refractivity contribution in [3.05, 3.63) is 72.8 Å². The van der Waals surface area contributed by atoms with Crippen LogP contribution in [0.4, 0.5) is 11.4 Å². The number of nitrogens with two attached hydrogens (primary N) is 6. The van der Waals surface area contributed by atoms with Gasteiger partial charge in [0.2, 0.25) is 40.1 Å². The summed E-state index contributed by atoms with van der Waals surface area (Å²) in [6, 6.07) is 17.3. The average Bonchev–Trinajstić information content (AvgIpc) is 0.710. The summed E-state index contributed by atoms with van der Waals surface area (Å²) in [5.41, 5.74) is 36.4. The van der Waals surface area contributed by atoms with E-state index in [9.17, 15) is 63.1 Å². The second-order valence-electron chi connectivity index (χ2n) is 33.2. The number of carboxylic acid groups (broad SMARTS) is 2. The lowest BCUT2D eigenvalue weighted by atomic mass is 9.93. The molecule has 0 amide bonds. The number of unbranched alkanes of at least 4 members (excludes halogenated alkanes) is 4. The number of anilines is 2. The number of aliphatic carboxylic acids is 2. The van der Waals surface area contributed by atoms with Crippen molar-refractivity contribution in [2.24, 2.45) is 22.9 Å². The number of quaternary nitrogens is 1. The quantitative estimate of drug-likeness (QED) is 0.00825. The van der Waals surface area contributed by atoms with Crippen molar-refractivity contribution in [1.82, 2.24) is 38.5 Å². The van der Waals surface area contributed by atoms with Gasteiger partial charge < -0.3 is 99.2 Å². The summed E-state index contributed by atoms with van der Waals surface area (Å²) < 4.78 is 152. The lowest BCUT2D eigenvalue weighted by molar-refractivity contribution is -0.870. The number of Topliss-reactive ketones (excluding diaryl/α,β-unsaturated/α-hetero) is 2. The zero-order valence-electron chi connectivity index (χ0n) is 75.4. The van der Waals surface area contributed by atoms with Crippen LogP contribution in [0.3, 0.4) is 0 Å². The number of rotatable bonds is 65. The Labute approximate surface area is 756 Å². The highest BCUT2D eigenvalue weighted by Crippen LogP contribution is 2.48. The number of ether oxygens (including phenoxy) is 5. The number of hydrogen-bond donors (Lipinski definition) is 13. The number of aliphatic hydroxyl groups is 1. The number of carboxylic acids is 2. The normalized spacial score (nSPS) is 13.5. The van der Waals surface area contributed by atoms with Crippen LogP contribution in [0.1, 0.15) is 130 Å². The van der Waals surface area contributed by atoms with Crippen LogP contribution in [0, 0.1) is 0 Å². The van der Waals surface area contributed by atoms with Crippen LogP contribution in [0.25, 0.3) is 64.6 Å². The van der Waals surface area contributed by atoms with E-state index in [-0.39, 0.29) is 128 Å². The Morgan fingerprint density at radius 3 is 0.930 bits per heavy atom. The van der Waals surface area contributed by atoms with Crippen LogP contribution in [0.5, 0.6) is 11.5 Å². The average molecular weight is 1870 g/mol. The minimum absolute atomic E-state index is 0. The molecule has 0 aliphatic heterocycles. The molecule has 39 heteroatoms. The number of nitrogen functional groups attached to an aromatic ring is 2. The highest BCUT2D eigenvalue weighted by molar-refractivity contribution is 7.90. The lowest BCUT2D eigenvalue weighted by Gasteiger charge is -2.25. The fraction of sp³-hybridized carbons (Fsp3) is 0.596. The van der Waals surface area contributed by atoms with Gasteiger partial charge in [0.15, 0.2) is 0 Å². The fourth-order valence-corrected chi connectivity index (χ4v) is 21.3. The Balaban J connectivity index is 0.000000393. The molecule has 0 radical (unpaired) electrons. The van der Waals surface area contributed by atoms with Crippen molar-refractivity contribution in [3.8, 4) is 11.5 Å². The molecule has 0 aliphatic rings. The smallest absolute Gasteiger partial charge is 0.320 e. The summed E-state index contributed by atoms with van der Waals surface area (Å²) in [6.45, 7) is 9.66. The van der Waals surface area contributed by atoms with E-state index in [1.807, 2.05) is 0 Å². The number of nitrogens with one attached hydrogen (secondary N) is 4. The maximum Gasteiger partial charge on any atom is 0.320 e. The van der Waals surface area contributed by atoms with Crippen LogP contribution in [-0.4, -0.2) is 312 Å². The van der Waals surface area contributed by atoms with Gasteiger partial charge in [0, 0.05) is 149 Å². The number of ketones is 2. The number of nitrogens with zero attached hydrogens (tertiary/aromatic N) is 5. The molecule has 0 fully saturated rings. The number of aliphatic hydroxyl groups excluding tert-OH is 1. The number of hydrogen-bond acceptors (Lipinski definition) is 28. The number of benzene rings is 8. The van der Waals surface area contributed by atoms with Gasteiger partial charge in [-0.3, -0.25) is 19.2 Å². The van der Waals surface area contributed by atoms with Crippen LogP contribution >= 0.6 is 0 Å². The topological polar surface area (TPSA) is 529 Å². The van der Waals surface area contributed by atoms with E-state index in [4.69, 9.17) is 63.2 Å². The van der Waals surface area contributed by atoms with Crippen LogP contribution in [-0.2, 0) is 73.5 Å². The molecule has 0 aromatic heterocycles. The fourth-order valence-electron chi connectivity index (χ4n) is 15.4. The molecule has 0 heterocycles. The maximum atomic E-state index is 14.7. The van der Waals surface area contributed by atoms with Crippen molar-refractivity contribution >= 4 is 140 Å². The van der Waals surface area contributed by atoms with Gasteiger partial charge in [-0.15, -0.1) is 0 Å². The maximum absolute atomic E-state index is 14.7. The summed E-state index contributed by atoms with van der Waals surface area (Å²) in [7, 11) is -5.30. The van der Waals surface area contributed by atoms with E-state index in [1.165, 1.54) is 67.1 Å². The van der Waals surface area contributed by atoms with E-state index < -0.39 is 64.1 Å². The van der Waals surface area contributed by atoms with Gasteiger partial charge in [-0.2, -0.15) is 0 Å². The van der Waals surface area contributed by atoms with Gasteiger partial charge >= 0.3 is 11.9 Å². The Hall–Kier alpha value is -7.56. The molecule has 8 rings (SSSR count). The third-order valence-corrected chi connectivity index (χ3v) is 30.2. The van der Waals surface area contributed by atoms with Gasteiger partial charge in [-0.1, -0.05) is 69.5 Å². The number of carbonyl (C=O) groups excluding carboxylic acids is 2. The Morgan fingerprint density at radius 1 is 0.375 bits per heavy atom. The molecular weight excluding hydrogens is 1730 g/mol. The first kappa shape index (κ1) is 109. The van der Waals surface area contributed by atoms with E-state index in [2.05, 4.69) is 42.4 Å². The van der Waals surface area contributed by atoms with Crippen molar-refractivity contribution in [1.29, 1.82) is 0 Å². The molecule has 128 heavy (non-hydrogen) atoms. The van der Waals surface area contributed by atoms with E-state index in [0.29, 0.717) is 225 Å². The molecule has 0 spiro atoms. The van der Waals surface area contributed by atoms with Gasteiger partial charge in [0.1, 0.15) is 41.8 Å². The van der Waals surface area contributed by atoms with Crippen LogP contribution in [0.15, 0.2) is 92.4 Å². The third kappa shape index (κ3) is 30.0. The molecule has 4 atom stereocenters. The highest BCUT2D eigenvalue weighted by Gasteiger charge is 2.36. The molecular formula is C89H144N15O20S4+. The van der Waals surface area contributed by atoms with Gasteiger partial charge in [-0.25, -0.2) is 50.9 Å². The third-order valence-electron chi connectivity index (χ3n) is 22.6. The summed E-state index contributed by atoms with van der Waals surface area (Å²) in [5, 5.41) is 46.4. The monoisotopic (exact) mass is 1870 g/mol. The molecule has 35 nitrogen and oxygen atoms in total. The molecule has 4 unspecified atom stereocenters. The first-order chi connectivity index (χ1) is 60.4. The largest absolute Gasteiger partial charge is 0.493 e. The zero-order chi connectivity index (χ0) is 93.4.